The number of aliphatic imine (C=N–C) groups is 1. The molecule has 1 atom stereocenters. The Morgan fingerprint density at radius 3 is 2.48 bits per heavy atom. The maximum Gasteiger partial charge on any atom is 0.194 e. The fourth-order valence-electron chi connectivity index (χ4n) is 3.01. The van der Waals surface area contributed by atoms with E-state index in [1.165, 1.54) is 6.07 Å². The molecule has 1 unspecified atom stereocenters. The van der Waals surface area contributed by atoms with Crippen molar-refractivity contribution in [2.24, 2.45) is 4.99 Å². The summed E-state index contributed by atoms with van der Waals surface area (Å²) in [5.41, 5.74) is 2.37. The molecule has 0 aliphatic heterocycles. The number of hydrogen-bond acceptors (Lipinski definition) is 4. The number of methoxy groups -OCH3 is 2. The van der Waals surface area contributed by atoms with E-state index in [0.717, 1.165) is 11.1 Å². The van der Waals surface area contributed by atoms with Crippen molar-refractivity contribution < 1.29 is 19.0 Å². The smallest absolute Gasteiger partial charge is 0.194 e. The van der Waals surface area contributed by atoms with Crippen LogP contribution in [0.25, 0.3) is 0 Å². The first-order valence-electron chi connectivity index (χ1n) is 9.54. The van der Waals surface area contributed by atoms with Crippen molar-refractivity contribution in [1.29, 1.82) is 0 Å². The first kappa shape index (κ1) is 22.5. The zero-order valence-corrected chi connectivity index (χ0v) is 17.7. The quantitative estimate of drug-likeness (QED) is 0.523. The average Bonchev–Trinajstić information content (AvgIpc) is 2.72. The van der Waals surface area contributed by atoms with Crippen LogP contribution in [0.1, 0.15) is 29.7 Å². The van der Waals surface area contributed by atoms with Crippen LogP contribution in [0, 0.1) is 12.7 Å². The maximum atomic E-state index is 13.9. The third-order valence-electron chi connectivity index (χ3n) is 4.62. The Bertz CT molecular complexity index is 842. The van der Waals surface area contributed by atoms with Gasteiger partial charge in [0.2, 0.25) is 0 Å². The zero-order valence-electron chi connectivity index (χ0n) is 17.7. The summed E-state index contributed by atoms with van der Waals surface area (Å²) in [6.45, 7) is 5.28. The molecule has 29 heavy (non-hydrogen) atoms. The summed E-state index contributed by atoms with van der Waals surface area (Å²) in [4.78, 5) is 6.44. The summed E-state index contributed by atoms with van der Waals surface area (Å²) in [6, 6.07) is 10.1. The molecule has 0 amide bonds. The first-order chi connectivity index (χ1) is 13.9. The van der Waals surface area contributed by atoms with E-state index >= 15 is 0 Å². The topological polar surface area (TPSA) is 66.3 Å². The monoisotopic (exact) mass is 403 g/mol. The van der Waals surface area contributed by atoms with E-state index in [9.17, 15) is 9.50 Å². The van der Waals surface area contributed by atoms with Crippen molar-refractivity contribution in [3.8, 4) is 11.5 Å². The van der Waals surface area contributed by atoms with Crippen LogP contribution in [0.2, 0.25) is 0 Å². The number of benzene rings is 2. The van der Waals surface area contributed by atoms with Gasteiger partial charge in [0, 0.05) is 25.7 Å². The molecule has 158 valence electrons. The van der Waals surface area contributed by atoms with Gasteiger partial charge in [-0.05, 0) is 43.2 Å². The van der Waals surface area contributed by atoms with E-state index in [0.29, 0.717) is 30.5 Å². The Hall–Kier alpha value is -2.80. The number of rotatable bonds is 8. The van der Waals surface area contributed by atoms with Crippen LogP contribution in [-0.4, -0.2) is 50.3 Å². The Labute approximate surface area is 172 Å². The van der Waals surface area contributed by atoms with E-state index < -0.39 is 11.9 Å². The van der Waals surface area contributed by atoms with Gasteiger partial charge >= 0.3 is 0 Å². The SMILES string of the molecule is CCNC(=NCC(O)c1ccccc1F)N(C)Cc1cc(OC)c(OC)cc1C. The van der Waals surface area contributed by atoms with Gasteiger partial charge < -0.3 is 24.8 Å². The van der Waals surface area contributed by atoms with Gasteiger partial charge in [-0.1, -0.05) is 18.2 Å². The maximum absolute atomic E-state index is 13.9. The summed E-state index contributed by atoms with van der Waals surface area (Å²) < 4.78 is 24.6. The van der Waals surface area contributed by atoms with Crippen molar-refractivity contribution >= 4 is 5.96 Å². The van der Waals surface area contributed by atoms with E-state index in [2.05, 4.69) is 10.3 Å². The van der Waals surface area contributed by atoms with Crippen LogP contribution in [0.5, 0.6) is 11.5 Å². The molecule has 2 aromatic carbocycles. The number of nitrogens with zero attached hydrogens (tertiary/aromatic N) is 2. The van der Waals surface area contributed by atoms with E-state index in [-0.39, 0.29) is 12.1 Å². The average molecular weight is 403 g/mol. The summed E-state index contributed by atoms with van der Waals surface area (Å²) in [7, 11) is 5.13. The molecule has 7 heteroatoms. The highest BCUT2D eigenvalue weighted by molar-refractivity contribution is 5.79. The van der Waals surface area contributed by atoms with Crippen LogP contribution < -0.4 is 14.8 Å². The van der Waals surface area contributed by atoms with Gasteiger partial charge in [0.25, 0.3) is 0 Å². The van der Waals surface area contributed by atoms with Gasteiger partial charge in [0.1, 0.15) is 11.9 Å². The van der Waals surface area contributed by atoms with Crippen molar-refractivity contribution in [3.63, 3.8) is 0 Å². The van der Waals surface area contributed by atoms with Crippen LogP contribution in [0.3, 0.4) is 0 Å². The molecule has 0 aliphatic carbocycles. The van der Waals surface area contributed by atoms with Gasteiger partial charge in [-0.3, -0.25) is 4.99 Å². The van der Waals surface area contributed by atoms with Crippen LogP contribution in [-0.2, 0) is 6.54 Å². The van der Waals surface area contributed by atoms with Gasteiger partial charge in [-0.2, -0.15) is 0 Å². The molecule has 0 spiro atoms. The molecule has 0 aromatic heterocycles. The predicted molar refractivity (Wildman–Crippen MR) is 113 cm³/mol. The molecule has 0 bridgehead atoms. The van der Waals surface area contributed by atoms with Crippen LogP contribution in [0.4, 0.5) is 4.39 Å². The standard InChI is InChI=1S/C22H30FN3O3/c1-6-24-22(25-13-19(27)17-9-7-8-10-18(17)23)26(3)14-16-12-21(29-5)20(28-4)11-15(16)2/h7-12,19,27H,6,13-14H2,1-5H3,(H,24,25). The van der Waals surface area contributed by atoms with Crippen LogP contribution in [0.15, 0.2) is 41.4 Å². The lowest BCUT2D eigenvalue weighted by molar-refractivity contribution is 0.181. The molecular formula is C22H30FN3O3. The van der Waals surface area contributed by atoms with Crippen molar-refractivity contribution in [3.05, 3.63) is 58.9 Å². The number of halogens is 1. The lowest BCUT2D eigenvalue weighted by Gasteiger charge is -2.24. The van der Waals surface area contributed by atoms with E-state index in [1.54, 1.807) is 32.4 Å². The molecule has 2 aromatic rings. The van der Waals surface area contributed by atoms with E-state index in [1.807, 2.05) is 37.9 Å². The van der Waals surface area contributed by atoms with Gasteiger partial charge in [-0.15, -0.1) is 0 Å². The Balaban J connectivity index is 2.18. The minimum Gasteiger partial charge on any atom is -0.493 e. The number of hydrogen-bond donors (Lipinski definition) is 2. The summed E-state index contributed by atoms with van der Waals surface area (Å²) in [5.74, 6) is 1.54. The molecule has 2 N–H and O–H groups in total. The highest BCUT2D eigenvalue weighted by atomic mass is 19.1. The number of guanidine groups is 1. The third-order valence-corrected chi connectivity index (χ3v) is 4.62. The number of nitrogens with one attached hydrogen (secondary N) is 1. The Kier molecular flexibility index (Phi) is 8.27. The van der Waals surface area contributed by atoms with Crippen molar-refractivity contribution in [1.82, 2.24) is 10.2 Å². The van der Waals surface area contributed by atoms with Gasteiger partial charge in [-0.25, -0.2) is 4.39 Å². The summed E-state index contributed by atoms with van der Waals surface area (Å²) in [5, 5.41) is 13.5. The molecule has 0 heterocycles. The minimum atomic E-state index is -1.01. The number of aryl methyl sites for hydroxylation is 1. The van der Waals surface area contributed by atoms with E-state index in [4.69, 9.17) is 9.47 Å². The molecule has 0 radical (unpaired) electrons. The lowest BCUT2D eigenvalue weighted by atomic mass is 10.1. The third kappa shape index (κ3) is 5.84. The first-order valence-corrected chi connectivity index (χ1v) is 9.54. The Morgan fingerprint density at radius 2 is 1.86 bits per heavy atom. The number of aliphatic hydroxyl groups is 1. The lowest BCUT2D eigenvalue weighted by Crippen LogP contribution is -2.39. The highest BCUT2D eigenvalue weighted by Gasteiger charge is 2.15. The fourth-order valence-corrected chi connectivity index (χ4v) is 3.01. The number of aliphatic hydroxyl groups excluding tert-OH is 1. The van der Waals surface area contributed by atoms with Gasteiger partial charge in [0.05, 0.1) is 20.8 Å². The second kappa shape index (κ2) is 10.7. The summed E-state index contributed by atoms with van der Waals surface area (Å²) in [6.07, 6.45) is -1.01. The second-order valence-electron chi connectivity index (χ2n) is 6.72. The molecule has 0 saturated heterocycles. The molecule has 0 saturated carbocycles. The zero-order chi connectivity index (χ0) is 21.4. The molecular weight excluding hydrogens is 373 g/mol. The van der Waals surface area contributed by atoms with Crippen molar-refractivity contribution in [2.75, 3.05) is 34.4 Å². The minimum absolute atomic E-state index is 0.0541. The predicted octanol–water partition coefficient (Wildman–Crippen LogP) is 3.28. The molecule has 0 aliphatic rings. The molecule has 0 fully saturated rings. The molecule has 6 nitrogen and oxygen atoms in total. The van der Waals surface area contributed by atoms with Crippen LogP contribution >= 0.6 is 0 Å². The largest absolute Gasteiger partial charge is 0.493 e. The van der Waals surface area contributed by atoms with Crippen molar-refractivity contribution in [2.45, 2.75) is 26.5 Å². The molecule has 2 rings (SSSR count). The van der Waals surface area contributed by atoms with Gasteiger partial charge in [0.15, 0.2) is 17.5 Å². The number of ether oxygens (including phenoxy) is 2. The normalized spacial score (nSPS) is 12.4. The fraction of sp³-hybridized carbons (Fsp3) is 0.409. The Morgan fingerprint density at radius 1 is 1.21 bits per heavy atom. The highest BCUT2D eigenvalue weighted by Crippen LogP contribution is 2.30. The summed E-state index contributed by atoms with van der Waals surface area (Å²) >= 11 is 0. The second-order valence-corrected chi connectivity index (χ2v) is 6.72.